The Morgan fingerprint density at radius 2 is 1.85 bits per heavy atom. The second-order valence-corrected chi connectivity index (χ2v) is 5.81. The van der Waals surface area contributed by atoms with Crippen LogP contribution in [0.25, 0.3) is 0 Å². The van der Waals surface area contributed by atoms with E-state index in [2.05, 4.69) is 20.8 Å². The molecule has 0 radical (unpaired) electrons. The Hall–Kier alpha value is -1.50. The van der Waals surface area contributed by atoms with Crippen LogP contribution in [0.5, 0.6) is 0 Å². The number of tetrazole rings is 1. The molecule has 1 amide bonds. The number of hydrogen-bond donors (Lipinski definition) is 1. The van der Waals surface area contributed by atoms with E-state index in [1.807, 2.05) is 4.90 Å². The fourth-order valence-electron chi connectivity index (χ4n) is 3.43. The van der Waals surface area contributed by atoms with Crippen molar-refractivity contribution < 1.29 is 4.79 Å². The second kappa shape index (κ2) is 6.30. The molecule has 20 heavy (non-hydrogen) atoms. The van der Waals surface area contributed by atoms with Gasteiger partial charge in [0.05, 0.1) is 0 Å². The Morgan fingerprint density at radius 3 is 2.50 bits per heavy atom. The molecule has 7 heteroatoms. The summed E-state index contributed by atoms with van der Waals surface area (Å²) in [5.41, 5.74) is 0. The van der Waals surface area contributed by atoms with E-state index in [-0.39, 0.29) is 12.5 Å². The van der Waals surface area contributed by atoms with Crippen molar-refractivity contribution in [1.29, 1.82) is 0 Å². The minimum absolute atomic E-state index is 0.126. The lowest BCUT2D eigenvalue weighted by molar-refractivity contribution is -0.133. The Kier molecular flexibility index (Phi) is 4.25. The van der Waals surface area contributed by atoms with Crippen LogP contribution in [0.15, 0.2) is 6.33 Å². The fraction of sp³-hybridized carbons (Fsp3) is 0.846. The molecule has 2 aliphatic rings. The molecular weight excluding hydrogens is 256 g/mol. The van der Waals surface area contributed by atoms with Crippen LogP contribution in [0.4, 0.5) is 0 Å². The summed E-state index contributed by atoms with van der Waals surface area (Å²) < 4.78 is 1.49. The van der Waals surface area contributed by atoms with Crippen LogP contribution in [0.3, 0.4) is 0 Å². The number of hydrogen-bond acceptors (Lipinski definition) is 5. The Balaban J connectivity index is 1.46. The zero-order valence-electron chi connectivity index (χ0n) is 11.7. The maximum atomic E-state index is 12.1. The molecule has 1 aromatic rings. The summed E-state index contributed by atoms with van der Waals surface area (Å²) in [5.74, 6) is 1.78. The molecule has 1 aromatic heterocycles. The molecule has 110 valence electrons. The molecule has 2 fully saturated rings. The maximum Gasteiger partial charge on any atom is 0.244 e. The van der Waals surface area contributed by atoms with Crippen molar-refractivity contribution in [1.82, 2.24) is 30.4 Å². The predicted molar refractivity (Wildman–Crippen MR) is 72.7 cm³/mol. The smallest absolute Gasteiger partial charge is 0.244 e. The van der Waals surface area contributed by atoms with Gasteiger partial charge in [0.25, 0.3) is 0 Å². The van der Waals surface area contributed by atoms with E-state index < -0.39 is 0 Å². The lowest BCUT2D eigenvalue weighted by Crippen LogP contribution is -2.43. The minimum atomic E-state index is 0.126. The monoisotopic (exact) mass is 278 g/mol. The number of carbonyl (C=O) groups excluding carboxylic acids is 1. The Morgan fingerprint density at radius 1 is 1.15 bits per heavy atom. The van der Waals surface area contributed by atoms with Crippen LogP contribution in [0.1, 0.15) is 25.7 Å². The normalized spacial score (nSPS) is 22.1. The molecule has 3 rings (SSSR count). The van der Waals surface area contributed by atoms with Crippen LogP contribution in [0, 0.1) is 11.8 Å². The highest BCUT2D eigenvalue weighted by Crippen LogP contribution is 2.30. The standard InChI is InChI=1S/C13H22N6O/c20-13(9-19-10-15-16-17-19)18-7-3-12(4-8-18)11-1-5-14-6-2-11/h10-12,14H,1-9H2. The molecule has 2 aliphatic heterocycles. The number of aromatic nitrogens is 4. The number of rotatable bonds is 3. The topological polar surface area (TPSA) is 75.9 Å². The predicted octanol–water partition coefficient (Wildman–Crippen LogP) is -0.0887. The molecule has 3 heterocycles. The summed E-state index contributed by atoms with van der Waals surface area (Å²) >= 11 is 0. The number of likely N-dealkylation sites (tertiary alicyclic amines) is 1. The van der Waals surface area contributed by atoms with E-state index in [4.69, 9.17) is 0 Å². The quantitative estimate of drug-likeness (QED) is 0.836. The largest absolute Gasteiger partial charge is 0.341 e. The number of nitrogens with zero attached hydrogens (tertiary/aromatic N) is 5. The second-order valence-electron chi connectivity index (χ2n) is 5.81. The van der Waals surface area contributed by atoms with Crippen molar-refractivity contribution in [3.8, 4) is 0 Å². The molecule has 0 bridgehead atoms. The number of piperidine rings is 2. The van der Waals surface area contributed by atoms with Gasteiger partial charge in [0.1, 0.15) is 12.9 Å². The third-order valence-corrected chi connectivity index (χ3v) is 4.63. The van der Waals surface area contributed by atoms with E-state index in [9.17, 15) is 4.79 Å². The van der Waals surface area contributed by atoms with Crippen molar-refractivity contribution in [2.75, 3.05) is 26.2 Å². The van der Waals surface area contributed by atoms with Gasteiger partial charge in [-0.3, -0.25) is 4.79 Å². The zero-order valence-corrected chi connectivity index (χ0v) is 11.7. The fourth-order valence-corrected chi connectivity index (χ4v) is 3.43. The first kappa shape index (κ1) is 13.5. The molecule has 0 spiro atoms. The van der Waals surface area contributed by atoms with Crippen LogP contribution in [0.2, 0.25) is 0 Å². The van der Waals surface area contributed by atoms with Crippen molar-refractivity contribution >= 4 is 5.91 Å². The van der Waals surface area contributed by atoms with Crippen molar-refractivity contribution in [2.24, 2.45) is 11.8 Å². The van der Waals surface area contributed by atoms with Gasteiger partial charge < -0.3 is 10.2 Å². The van der Waals surface area contributed by atoms with E-state index in [1.165, 1.54) is 23.9 Å². The summed E-state index contributed by atoms with van der Waals surface area (Å²) in [4.78, 5) is 14.1. The van der Waals surface area contributed by atoms with Crippen LogP contribution in [-0.2, 0) is 11.3 Å². The van der Waals surface area contributed by atoms with E-state index in [1.54, 1.807) is 0 Å². The van der Waals surface area contributed by atoms with Gasteiger partial charge in [-0.25, -0.2) is 4.68 Å². The zero-order chi connectivity index (χ0) is 13.8. The number of nitrogens with one attached hydrogen (secondary N) is 1. The van der Waals surface area contributed by atoms with Gasteiger partial charge in [-0.05, 0) is 61.0 Å². The average molecular weight is 278 g/mol. The number of amides is 1. The summed E-state index contributed by atoms with van der Waals surface area (Å²) in [6.07, 6.45) is 6.37. The van der Waals surface area contributed by atoms with Crippen LogP contribution in [-0.4, -0.2) is 57.2 Å². The molecule has 0 unspecified atom stereocenters. The maximum absolute atomic E-state index is 12.1. The molecule has 0 saturated carbocycles. The summed E-state index contributed by atoms with van der Waals surface area (Å²) in [7, 11) is 0. The van der Waals surface area contributed by atoms with Gasteiger partial charge >= 0.3 is 0 Å². The molecule has 0 aromatic carbocycles. The van der Waals surface area contributed by atoms with Crippen LogP contribution >= 0.6 is 0 Å². The third-order valence-electron chi connectivity index (χ3n) is 4.63. The summed E-state index contributed by atoms with van der Waals surface area (Å²) in [5, 5.41) is 14.3. The molecule has 2 saturated heterocycles. The highest BCUT2D eigenvalue weighted by molar-refractivity contribution is 5.75. The van der Waals surface area contributed by atoms with Gasteiger partial charge in [-0.15, -0.1) is 5.10 Å². The van der Waals surface area contributed by atoms with Gasteiger partial charge in [0.2, 0.25) is 5.91 Å². The van der Waals surface area contributed by atoms with E-state index in [0.29, 0.717) is 0 Å². The Bertz CT molecular complexity index is 420. The third kappa shape index (κ3) is 3.15. The van der Waals surface area contributed by atoms with E-state index >= 15 is 0 Å². The van der Waals surface area contributed by atoms with E-state index in [0.717, 1.165) is 50.9 Å². The summed E-state index contributed by atoms with van der Waals surface area (Å²) in [6, 6.07) is 0. The Labute approximate surface area is 118 Å². The molecule has 7 nitrogen and oxygen atoms in total. The average Bonchev–Trinajstić information content (AvgIpc) is 3.01. The first-order chi connectivity index (χ1) is 9.83. The minimum Gasteiger partial charge on any atom is -0.341 e. The van der Waals surface area contributed by atoms with Gasteiger partial charge in [0, 0.05) is 13.1 Å². The lowest BCUT2D eigenvalue weighted by Gasteiger charge is -2.37. The summed E-state index contributed by atoms with van der Waals surface area (Å²) in [6.45, 7) is 4.34. The highest BCUT2D eigenvalue weighted by atomic mass is 16.2. The molecule has 0 aliphatic carbocycles. The van der Waals surface area contributed by atoms with Crippen molar-refractivity contribution in [3.05, 3.63) is 6.33 Å². The molecular formula is C13H22N6O. The number of carbonyl (C=O) groups is 1. The van der Waals surface area contributed by atoms with Crippen LogP contribution < -0.4 is 5.32 Å². The highest BCUT2D eigenvalue weighted by Gasteiger charge is 2.29. The lowest BCUT2D eigenvalue weighted by atomic mass is 9.79. The first-order valence-electron chi connectivity index (χ1n) is 7.52. The first-order valence-corrected chi connectivity index (χ1v) is 7.52. The van der Waals surface area contributed by atoms with Gasteiger partial charge in [0.15, 0.2) is 0 Å². The van der Waals surface area contributed by atoms with Gasteiger partial charge in [-0.2, -0.15) is 0 Å². The van der Waals surface area contributed by atoms with Gasteiger partial charge in [-0.1, -0.05) is 0 Å². The molecule has 1 N–H and O–H groups in total. The molecule has 0 atom stereocenters. The SMILES string of the molecule is O=C(Cn1cnnn1)N1CCC(C2CCNCC2)CC1. The van der Waals surface area contributed by atoms with Crippen molar-refractivity contribution in [3.63, 3.8) is 0 Å². The van der Waals surface area contributed by atoms with Crippen molar-refractivity contribution in [2.45, 2.75) is 32.2 Å².